The maximum Gasteiger partial charge on any atom is 0.248 e. The van der Waals surface area contributed by atoms with Gasteiger partial charge in [0.25, 0.3) is 0 Å². The SMILES string of the molecule is O=C(/C=C/c1ccc2c(c1)OCO2)Nc1ccc(-c2cn3c(n2)SCC3)cc1. The molecule has 2 aliphatic rings. The molecule has 0 atom stereocenters. The number of nitrogens with one attached hydrogen (secondary N) is 1. The van der Waals surface area contributed by atoms with Gasteiger partial charge in [-0.25, -0.2) is 4.98 Å². The summed E-state index contributed by atoms with van der Waals surface area (Å²) in [6.07, 6.45) is 5.33. The first-order valence-corrected chi connectivity index (χ1v) is 9.92. The fraction of sp³-hybridized carbons (Fsp3) is 0.143. The van der Waals surface area contributed by atoms with Crippen LogP contribution < -0.4 is 14.8 Å². The summed E-state index contributed by atoms with van der Waals surface area (Å²) in [5.41, 5.74) is 3.62. The lowest BCUT2D eigenvalue weighted by atomic mass is 10.1. The number of rotatable bonds is 4. The van der Waals surface area contributed by atoms with E-state index in [-0.39, 0.29) is 12.7 Å². The Morgan fingerprint density at radius 1 is 1.14 bits per heavy atom. The van der Waals surface area contributed by atoms with Gasteiger partial charge in [-0.3, -0.25) is 4.79 Å². The molecule has 0 fully saturated rings. The second-order valence-corrected chi connectivity index (χ2v) is 7.53. The molecule has 5 rings (SSSR count). The summed E-state index contributed by atoms with van der Waals surface area (Å²) < 4.78 is 12.8. The second-order valence-electron chi connectivity index (χ2n) is 6.46. The van der Waals surface area contributed by atoms with Crippen molar-refractivity contribution in [3.63, 3.8) is 0 Å². The number of carbonyl (C=O) groups excluding carboxylic acids is 1. The van der Waals surface area contributed by atoms with Crippen LogP contribution in [0.3, 0.4) is 0 Å². The second kappa shape index (κ2) is 7.09. The van der Waals surface area contributed by atoms with Crippen LogP contribution in [0, 0.1) is 0 Å². The molecule has 2 aromatic carbocycles. The Labute approximate surface area is 166 Å². The molecule has 140 valence electrons. The average molecular weight is 391 g/mol. The van der Waals surface area contributed by atoms with Gasteiger partial charge in [-0.15, -0.1) is 0 Å². The van der Waals surface area contributed by atoms with Crippen molar-refractivity contribution in [2.75, 3.05) is 17.9 Å². The molecule has 0 spiro atoms. The molecule has 1 aromatic heterocycles. The number of aromatic nitrogens is 2. The van der Waals surface area contributed by atoms with E-state index in [1.165, 1.54) is 6.08 Å². The van der Waals surface area contributed by atoms with Crippen LogP contribution in [0.15, 0.2) is 59.9 Å². The predicted octanol–water partition coefficient (Wildman–Crippen LogP) is 4.04. The van der Waals surface area contributed by atoms with E-state index in [0.29, 0.717) is 5.75 Å². The largest absolute Gasteiger partial charge is 0.454 e. The van der Waals surface area contributed by atoms with Crippen molar-refractivity contribution >= 4 is 29.4 Å². The number of ether oxygens (including phenoxy) is 2. The van der Waals surface area contributed by atoms with Crippen molar-refractivity contribution < 1.29 is 14.3 Å². The molecule has 28 heavy (non-hydrogen) atoms. The van der Waals surface area contributed by atoms with Gasteiger partial charge in [0.1, 0.15) is 0 Å². The van der Waals surface area contributed by atoms with Crippen LogP contribution in [0.4, 0.5) is 5.69 Å². The molecule has 0 aliphatic carbocycles. The molecule has 1 amide bonds. The topological polar surface area (TPSA) is 65.4 Å². The molecular formula is C21H17N3O3S. The number of carbonyl (C=O) groups is 1. The molecule has 2 aliphatic heterocycles. The normalized spacial score (nSPS) is 14.4. The Morgan fingerprint density at radius 3 is 2.86 bits per heavy atom. The van der Waals surface area contributed by atoms with Gasteiger partial charge in [-0.2, -0.15) is 0 Å². The summed E-state index contributed by atoms with van der Waals surface area (Å²) in [7, 11) is 0. The molecule has 0 saturated carbocycles. The highest BCUT2D eigenvalue weighted by Crippen LogP contribution is 2.33. The number of anilines is 1. The van der Waals surface area contributed by atoms with Crippen molar-refractivity contribution in [2.24, 2.45) is 0 Å². The van der Waals surface area contributed by atoms with E-state index in [1.54, 1.807) is 17.8 Å². The van der Waals surface area contributed by atoms with Crippen molar-refractivity contribution in [3.05, 3.63) is 60.3 Å². The summed E-state index contributed by atoms with van der Waals surface area (Å²) in [6.45, 7) is 1.25. The predicted molar refractivity (Wildman–Crippen MR) is 109 cm³/mol. The molecule has 6 nitrogen and oxygen atoms in total. The fourth-order valence-corrected chi connectivity index (χ4v) is 4.09. The minimum absolute atomic E-state index is 0.192. The van der Waals surface area contributed by atoms with Crippen LogP contribution in [0.25, 0.3) is 17.3 Å². The third-order valence-electron chi connectivity index (χ3n) is 4.58. The first-order valence-electron chi connectivity index (χ1n) is 8.94. The van der Waals surface area contributed by atoms with Crippen LogP contribution in [-0.4, -0.2) is 28.0 Å². The zero-order chi connectivity index (χ0) is 18.9. The Balaban J connectivity index is 1.23. The van der Waals surface area contributed by atoms with E-state index in [1.807, 2.05) is 42.5 Å². The summed E-state index contributed by atoms with van der Waals surface area (Å²) in [4.78, 5) is 16.8. The smallest absolute Gasteiger partial charge is 0.248 e. The first-order chi connectivity index (χ1) is 13.7. The molecule has 0 bridgehead atoms. The lowest BCUT2D eigenvalue weighted by molar-refractivity contribution is -0.111. The number of imidazole rings is 1. The quantitative estimate of drug-likeness (QED) is 0.680. The molecule has 0 unspecified atom stereocenters. The highest BCUT2D eigenvalue weighted by molar-refractivity contribution is 7.99. The monoisotopic (exact) mass is 391 g/mol. The molecule has 0 saturated heterocycles. The van der Waals surface area contributed by atoms with Crippen LogP contribution in [0.2, 0.25) is 0 Å². The maximum absolute atomic E-state index is 12.2. The number of aryl methyl sites for hydroxylation is 1. The fourth-order valence-electron chi connectivity index (χ4n) is 3.15. The molecule has 0 radical (unpaired) electrons. The number of nitrogens with zero attached hydrogens (tertiary/aromatic N) is 2. The minimum Gasteiger partial charge on any atom is -0.454 e. The average Bonchev–Trinajstić information content (AvgIpc) is 3.42. The van der Waals surface area contributed by atoms with E-state index in [2.05, 4.69) is 21.1 Å². The molecule has 3 aromatic rings. The summed E-state index contributed by atoms with van der Waals surface area (Å²) in [5.74, 6) is 2.32. The number of amides is 1. The van der Waals surface area contributed by atoms with Crippen LogP contribution in [0.5, 0.6) is 11.5 Å². The van der Waals surface area contributed by atoms with Crippen LogP contribution in [-0.2, 0) is 11.3 Å². The Bertz CT molecular complexity index is 1050. The van der Waals surface area contributed by atoms with E-state index >= 15 is 0 Å². The van der Waals surface area contributed by atoms with Crippen molar-refractivity contribution in [3.8, 4) is 22.8 Å². The standard InChI is InChI=1S/C21H17N3O3S/c25-20(8-2-14-1-7-18-19(11-14)27-13-26-18)22-16-5-3-15(4-6-16)17-12-24-9-10-28-21(24)23-17/h1-8,11-12H,9-10,13H2,(H,22,25)/b8-2+. The van der Waals surface area contributed by atoms with Gasteiger partial charge in [0.05, 0.1) is 5.69 Å². The summed E-state index contributed by atoms with van der Waals surface area (Å²) in [6, 6.07) is 13.3. The lowest BCUT2D eigenvalue weighted by Gasteiger charge is -2.04. The number of thioether (sulfide) groups is 1. The Kier molecular flexibility index (Phi) is 4.29. The van der Waals surface area contributed by atoms with Crippen molar-refractivity contribution in [1.82, 2.24) is 9.55 Å². The zero-order valence-corrected chi connectivity index (χ0v) is 15.7. The number of hydrogen-bond acceptors (Lipinski definition) is 5. The third kappa shape index (κ3) is 3.36. The summed E-state index contributed by atoms with van der Waals surface area (Å²) in [5, 5.41) is 3.94. The van der Waals surface area contributed by atoms with Gasteiger partial charge in [0.2, 0.25) is 12.7 Å². The Morgan fingerprint density at radius 2 is 2.00 bits per heavy atom. The van der Waals surface area contributed by atoms with Crippen LogP contribution >= 0.6 is 11.8 Å². The third-order valence-corrected chi connectivity index (χ3v) is 5.55. The molecule has 7 heteroatoms. The van der Waals surface area contributed by atoms with E-state index in [0.717, 1.165) is 45.7 Å². The number of hydrogen-bond donors (Lipinski definition) is 1. The van der Waals surface area contributed by atoms with Crippen molar-refractivity contribution in [2.45, 2.75) is 11.7 Å². The van der Waals surface area contributed by atoms with Gasteiger partial charge < -0.3 is 19.4 Å². The van der Waals surface area contributed by atoms with Gasteiger partial charge in [0, 0.05) is 35.8 Å². The highest BCUT2D eigenvalue weighted by Gasteiger charge is 2.15. The zero-order valence-electron chi connectivity index (χ0n) is 14.9. The maximum atomic E-state index is 12.2. The van der Waals surface area contributed by atoms with E-state index < -0.39 is 0 Å². The van der Waals surface area contributed by atoms with Gasteiger partial charge >= 0.3 is 0 Å². The number of fused-ring (bicyclic) bond motifs is 2. The Hall–Kier alpha value is -3.19. The lowest BCUT2D eigenvalue weighted by Crippen LogP contribution is -2.07. The molecule has 1 N–H and O–H groups in total. The van der Waals surface area contributed by atoms with Gasteiger partial charge in [-0.05, 0) is 35.9 Å². The minimum atomic E-state index is -0.192. The van der Waals surface area contributed by atoms with Gasteiger partial charge in [-0.1, -0.05) is 30.0 Å². The molecule has 3 heterocycles. The number of benzene rings is 2. The van der Waals surface area contributed by atoms with Gasteiger partial charge in [0.15, 0.2) is 16.7 Å². The van der Waals surface area contributed by atoms with Crippen LogP contribution in [0.1, 0.15) is 5.56 Å². The molecular weight excluding hydrogens is 374 g/mol. The van der Waals surface area contributed by atoms with Crippen molar-refractivity contribution in [1.29, 1.82) is 0 Å². The highest BCUT2D eigenvalue weighted by atomic mass is 32.2. The van der Waals surface area contributed by atoms with E-state index in [4.69, 9.17) is 9.47 Å². The van der Waals surface area contributed by atoms with E-state index in [9.17, 15) is 4.79 Å². The first kappa shape index (κ1) is 16.9. The summed E-state index contributed by atoms with van der Waals surface area (Å²) >= 11 is 1.78.